The summed E-state index contributed by atoms with van der Waals surface area (Å²) in [6.07, 6.45) is 0.718. The summed E-state index contributed by atoms with van der Waals surface area (Å²) < 4.78 is 12.7. The summed E-state index contributed by atoms with van der Waals surface area (Å²) in [6, 6.07) is 8.60. The van der Waals surface area contributed by atoms with Gasteiger partial charge in [0.2, 0.25) is 5.88 Å². The molecule has 1 aromatic carbocycles. The van der Waals surface area contributed by atoms with Gasteiger partial charge in [0.15, 0.2) is 6.10 Å². The van der Waals surface area contributed by atoms with Crippen molar-refractivity contribution in [3.8, 4) is 17.4 Å². The standard InChI is InChI=1S/C15H15N5O3/c1-9-7-13(20-15(19-9)17-8-18-20)23-12-5-3-11(4-6-12)22-10(2)14(16)21/h3-8,10H,1-2H3,(H2,16,21). The molecule has 1 unspecified atom stereocenters. The van der Waals surface area contributed by atoms with Gasteiger partial charge in [-0.25, -0.2) is 4.98 Å². The van der Waals surface area contributed by atoms with Gasteiger partial charge in [0.1, 0.15) is 17.8 Å². The minimum absolute atomic E-state index is 0.468. The van der Waals surface area contributed by atoms with Gasteiger partial charge in [-0.2, -0.15) is 14.6 Å². The zero-order chi connectivity index (χ0) is 16.4. The van der Waals surface area contributed by atoms with Crippen molar-refractivity contribution in [1.82, 2.24) is 19.6 Å². The first-order valence-electron chi connectivity index (χ1n) is 6.94. The molecule has 118 valence electrons. The van der Waals surface area contributed by atoms with Gasteiger partial charge in [0.05, 0.1) is 0 Å². The van der Waals surface area contributed by atoms with Gasteiger partial charge in [-0.1, -0.05) is 0 Å². The molecule has 8 heteroatoms. The molecule has 0 aliphatic heterocycles. The van der Waals surface area contributed by atoms with E-state index in [0.717, 1.165) is 5.69 Å². The van der Waals surface area contributed by atoms with E-state index < -0.39 is 12.0 Å². The number of nitrogens with zero attached hydrogens (tertiary/aromatic N) is 4. The zero-order valence-electron chi connectivity index (χ0n) is 12.6. The molecule has 23 heavy (non-hydrogen) atoms. The van der Waals surface area contributed by atoms with Crippen molar-refractivity contribution >= 4 is 11.7 Å². The zero-order valence-corrected chi connectivity index (χ0v) is 12.6. The van der Waals surface area contributed by atoms with Gasteiger partial charge in [-0.15, -0.1) is 0 Å². The third-order valence-electron chi connectivity index (χ3n) is 3.11. The third-order valence-corrected chi connectivity index (χ3v) is 3.11. The van der Waals surface area contributed by atoms with E-state index in [9.17, 15) is 4.79 Å². The Labute approximate surface area is 131 Å². The Kier molecular flexibility index (Phi) is 3.80. The van der Waals surface area contributed by atoms with E-state index in [1.807, 2.05) is 6.92 Å². The summed E-state index contributed by atoms with van der Waals surface area (Å²) in [5, 5.41) is 4.07. The fraction of sp³-hybridized carbons (Fsp3) is 0.200. The summed E-state index contributed by atoms with van der Waals surface area (Å²) in [6.45, 7) is 3.44. The summed E-state index contributed by atoms with van der Waals surface area (Å²) in [7, 11) is 0. The van der Waals surface area contributed by atoms with Crippen LogP contribution in [-0.2, 0) is 4.79 Å². The first-order valence-corrected chi connectivity index (χ1v) is 6.94. The maximum atomic E-state index is 11.0. The summed E-state index contributed by atoms with van der Waals surface area (Å²) >= 11 is 0. The monoisotopic (exact) mass is 313 g/mol. The molecule has 1 amide bonds. The van der Waals surface area contributed by atoms with Gasteiger partial charge in [-0.05, 0) is 38.1 Å². The Morgan fingerprint density at radius 3 is 2.65 bits per heavy atom. The SMILES string of the molecule is Cc1cc(Oc2ccc(OC(C)C(N)=O)cc2)n2ncnc2n1. The topological polar surface area (TPSA) is 105 Å². The van der Waals surface area contributed by atoms with E-state index in [-0.39, 0.29) is 0 Å². The number of carbonyl (C=O) groups is 1. The van der Waals surface area contributed by atoms with Crippen LogP contribution in [0.5, 0.6) is 17.4 Å². The Balaban J connectivity index is 1.80. The third kappa shape index (κ3) is 3.20. The molecule has 0 spiro atoms. The maximum Gasteiger partial charge on any atom is 0.258 e. The highest BCUT2D eigenvalue weighted by Crippen LogP contribution is 2.24. The average molecular weight is 313 g/mol. The van der Waals surface area contributed by atoms with E-state index >= 15 is 0 Å². The average Bonchev–Trinajstić information content (AvgIpc) is 2.97. The number of amides is 1. The van der Waals surface area contributed by atoms with Crippen LogP contribution < -0.4 is 15.2 Å². The van der Waals surface area contributed by atoms with Crippen LogP contribution in [0.15, 0.2) is 36.7 Å². The fourth-order valence-electron chi connectivity index (χ4n) is 1.94. The molecule has 0 aliphatic rings. The molecule has 2 N–H and O–H groups in total. The van der Waals surface area contributed by atoms with Crippen LogP contribution in [-0.4, -0.2) is 31.6 Å². The van der Waals surface area contributed by atoms with Crippen molar-refractivity contribution in [2.45, 2.75) is 20.0 Å². The highest BCUT2D eigenvalue weighted by atomic mass is 16.5. The first-order chi connectivity index (χ1) is 11.0. The number of nitrogens with two attached hydrogens (primary N) is 1. The normalized spacial score (nSPS) is 12.1. The second-order valence-electron chi connectivity index (χ2n) is 4.94. The number of carbonyl (C=O) groups excluding carboxylic acids is 1. The van der Waals surface area contributed by atoms with E-state index in [1.54, 1.807) is 37.3 Å². The molecule has 2 aromatic heterocycles. The number of aryl methyl sites for hydroxylation is 1. The van der Waals surface area contributed by atoms with Crippen molar-refractivity contribution in [1.29, 1.82) is 0 Å². The fourth-order valence-corrected chi connectivity index (χ4v) is 1.94. The molecule has 2 heterocycles. The van der Waals surface area contributed by atoms with Crippen LogP contribution in [0.2, 0.25) is 0 Å². The van der Waals surface area contributed by atoms with Gasteiger partial charge < -0.3 is 15.2 Å². The smallest absolute Gasteiger partial charge is 0.258 e. The lowest BCUT2D eigenvalue weighted by molar-refractivity contribution is -0.123. The van der Waals surface area contributed by atoms with Crippen LogP contribution in [0.3, 0.4) is 0 Å². The van der Waals surface area contributed by atoms with Crippen LogP contribution in [0.4, 0.5) is 0 Å². The predicted molar refractivity (Wildman–Crippen MR) is 81.3 cm³/mol. The molecule has 0 aliphatic carbocycles. The van der Waals surface area contributed by atoms with Crippen molar-refractivity contribution in [3.63, 3.8) is 0 Å². The summed E-state index contributed by atoms with van der Waals surface area (Å²) in [5.41, 5.74) is 5.94. The molecule has 0 fully saturated rings. The Bertz CT molecular complexity index is 844. The highest BCUT2D eigenvalue weighted by molar-refractivity contribution is 5.78. The summed E-state index contributed by atoms with van der Waals surface area (Å²) in [4.78, 5) is 19.3. The Hall–Kier alpha value is -3.16. The molecule has 0 bridgehead atoms. The minimum Gasteiger partial charge on any atom is -0.481 e. The predicted octanol–water partition coefficient (Wildman–Crippen LogP) is 1.48. The lowest BCUT2D eigenvalue weighted by Crippen LogP contribution is -2.30. The molecule has 0 saturated heterocycles. The number of rotatable bonds is 5. The Morgan fingerprint density at radius 1 is 1.26 bits per heavy atom. The van der Waals surface area contributed by atoms with Crippen molar-refractivity contribution < 1.29 is 14.3 Å². The molecule has 3 aromatic rings. The van der Waals surface area contributed by atoms with Gasteiger partial charge in [0.25, 0.3) is 11.7 Å². The molecule has 0 saturated carbocycles. The molecule has 0 radical (unpaired) electrons. The van der Waals surface area contributed by atoms with Crippen LogP contribution in [0, 0.1) is 6.92 Å². The van der Waals surface area contributed by atoms with Crippen molar-refractivity contribution in [2.75, 3.05) is 0 Å². The minimum atomic E-state index is -0.695. The molecular formula is C15H15N5O3. The number of hydrogen-bond acceptors (Lipinski definition) is 6. The molecule has 3 rings (SSSR count). The largest absolute Gasteiger partial charge is 0.481 e. The molecular weight excluding hydrogens is 298 g/mol. The second kappa shape index (κ2) is 5.91. The molecule has 1 atom stereocenters. The number of primary amides is 1. The number of ether oxygens (including phenoxy) is 2. The highest BCUT2D eigenvalue weighted by Gasteiger charge is 2.11. The van der Waals surface area contributed by atoms with Crippen molar-refractivity contribution in [2.24, 2.45) is 5.73 Å². The van der Waals surface area contributed by atoms with Gasteiger partial charge in [0, 0.05) is 11.8 Å². The second-order valence-corrected chi connectivity index (χ2v) is 4.94. The number of hydrogen-bond donors (Lipinski definition) is 1. The lowest BCUT2D eigenvalue weighted by atomic mass is 10.3. The Morgan fingerprint density at radius 2 is 1.96 bits per heavy atom. The lowest BCUT2D eigenvalue weighted by Gasteiger charge is -2.12. The van der Waals surface area contributed by atoms with Crippen LogP contribution >= 0.6 is 0 Å². The first kappa shape index (κ1) is 14.8. The number of benzene rings is 1. The molecule has 8 nitrogen and oxygen atoms in total. The number of fused-ring (bicyclic) bond motifs is 1. The van der Waals surface area contributed by atoms with E-state index in [2.05, 4.69) is 15.1 Å². The van der Waals surface area contributed by atoms with Crippen molar-refractivity contribution in [3.05, 3.63) is 42.4 Å². The summed E-state index contributed by atoms with van der Waals surface area (Å²) in [5.74, 6) is 1.57. The van der Waals surface area contributed by atoms with Crippen LogP contribution in [0.25, 0.3) is 5.78 Å². The van der Waals surface area contributed by atoms with E-state index in [4.69, 9.17) is 15.2 Å². The maximum absolute atomic E-state index is 11.0. The van der Waals surface area contributed by atoms with Crippen LogP contribution in [0.1, 0.15) is 12.6 Å². The van der Waals surface area contributed by atoms with Gasteiger partial charge >= 0.3 is 0 Å². The van der Waals surface area contributed by atoms with E-state index in [1.165, 1.54) is 10.8 Å². The quantitative estimate of drug-likeness (QED) is 0.765. The van der Waals surface area contributed by atoms with Gasteiger partial charge in [-0.3, -0.25) is 4.79 Å². The number of aromatic nitrogens is 4. The van der Waals surface area contributed by atoms with E-state index in [0.29, 0.717) is 23.2 Å².